The number of aromatic nitrogens is 2. The standard InChI is InChI=1S/C22H15Cl2N3O2/c23-16-7-5-8-17(12-16)29-14-21-26-20-11-4-2-9-18(20)22(28)27(21)25-13-15-6-1-3-10-19(15)24/h1-13H,14H2/b25-13+. The SMILES string of the molecule is O=c1c2ccccc2nc(COc2cccc(Cl)c2)n1/N=C/c1ccccc1Cl. The highest BCUT2D eigenvalue weighted by atomic mass is 35.5. The van der Waals surface area contributed by atoms with Crippen molar-refractivity contribution in [3.05, 3.63) is 105 Å². The first-order chi connectivity index (χ1) is 14.1. The van der Waals surface area contributed by atoms with Crippen molar-refractivity contribution in [1.29, 1.82) is 0 Å². The van der Waals surface area contributed by atoms with Gasteiger partial charge in [0.15, 0.2) is 5.82 Å². The van der Waals surface area contributed by atoms with Crippen molar-refractivity contribution in [3.63, 3.8) is 0 Å². The Balaban J connectivity index is 1.76. The summed E-state index contributed by atoms with van der Waals surface area (Å²) in [6.45, 7) is 0.0419. The molecular formula is C22H15Cl2N3O2. The Labute approximate surface area is 176 Å². The molecule has 7 heteroatoms. The summed E-state index contributed by atoms with van der Waals surface area (Å²) in [6.07, 6.45) is 1.53. The molecule has 4 rings (SSSR count). The Morgan fingerprint density at radius 2 is 1.79 bits per heavy atom. The molecule has 5 nitrogen and oxygen atoms in total. The van der Waals surface area contributed by atoms with Crippen LogP contribution in [0, 0.1) is 0 Å². The fourth-order valence-electron chi connectivity index (χ4n) is 2.79. The van der Waals surface area contributed by atoms with Gasteiger partial charge in [-0.1, -0.05) is 59.6 Å². The van der Waals surface area contributed by atoms with E-state index in [1.54, 1.807) is 48.5 Å². The summed E-state index contributed by atoms with van der Waals surface area (Å²) in [4.78, 5) is 17.6. The van der Waals surface area contributed by atoms with Crippen LogP contribution in [0.1, 0.15) is 11.4 Å². The molecule has 0 spiro atoms. The molecule has 0 atom stereocenters. The molecule has 0 saturated carbocycles. The normalized spacial score (nSPS) is 11.2. The van der Waals surface area contributed by atoms with Gasteiger partial charge in [0, 0.05) is 15.6 Å². The Hall–Kier alpha value is -3.15. The molecule has 0 saturated heterocycles. The molecule has 29 heavy (non-hydrogen) atoms. The molecule has 0 unspecified atom stereocenters. The minimum atomic E-state index is -0.288. The lowest BCUT2D eigenvalue weighted by Crippen LogP contribution is -2.23. The molecule has 3 aromatic carbocycles. The molecular weight excluding hydrogens is 409 g/mol. The minimum Gasteiger partial charge on any atom is -0.486 e. The van der Waals surface area contributed by atoms with E-state index in [2.05, 4.69) is 10.1 Å². The smallest absolute Gasteiger partial charge is 0.282 e. The molecule has 0 radical (unpaired) electrons. The predicted octanol–water partition coefficient (Wildman–Crippen LogP) is 5.16. The molecule has 0 aliphatic rings. The molecule has 0 bridgehead atoms. The molecule has 0 aliphatic carbocycles. The van der Waals surface area contributed by atoms with Crippen molar-refractivity contribution in [2.45, 2.75) is 6.61 Å². The van der Waals surface area contributed by atoms with Crippen LogP contribution in [0.25, 0.3) is 10.9 Å². The van der Waals surface area contributed by atoms with E-state index < -0.39 is 0 Å². The van der Waals surface area contributed by atoms with Crippen LogP contribution in [0.2, 0.25) is 10.0 Å². The van der Waals surface area contributed by atoms with Gasteiger partial charge in [-0.2, -0.15) is 9.78 Å². The maximum absolute atomic E-state index is 13.0. The van der Waals surface area contributed by atoms with Gasteiger partial charge in [0.25, 0.3) is 5.56 Å². The fourth-order valence-corrected chi connectivity index (χ4v) is 3.15. The first-order valence-electron chi connectivity index (χ1n) is 8.80. The van der Waals surface area contributed by atoms with Crippen molar-refractivity contribution >= 4 is 40.3 Å². The highest BCUT2D eigenvalue weighted by Crippen LogP contribution is 2.19. The van der Waals surface area contributed by atoms with Crippen LogP contribution in [0.3, 0.4) is 0 Å². The first-order valence-corrected chi connectivity index (χ1v) is 9.55. The highest BCUT2D eigenvalue weighted by molar-refractivity contribution is 6.33. The number of rotatable bonds is 5. The number of hydrogen-bond acceptors (Lipinski definition) is 4. The molecule has 1 aromatic heterocycles. The zero-order chi connectivity index (χ0) is 20.2. The summed E-state index contributed by atoms with van der Waals surface area (Å²) in [5, 5.41) is 5.91. The topological polar surface area (TPSA) is 56.5 Å². The molecule has 0 N–H and O–H groups in total. The Bertz CT molecular complexity index is 1270. The monoisotopic (exact) mass is 423 g/mol. The lowest BCUT2D eigenvalue weighted by atomic mass is 10.2. The number of ether oxygens (including phenoxy) is 1. The molecule has 0 fully saturated rings. The summed E-state index contributed by atoms with van der Waals surface area (Å²) >= 11 is 12.2. The Morgan fingerprint density at radius 1 is 1.00 bits per heavy atom. The lowest BCUT2D eigenvalue weighted by molar-refractivity contribution is 0.289. The van der Waals surface area contributed by atoms with E-state index in [1.807, 2.05) is 24.3 Å². The highest BCUT2D eigenvalue weighted by Gasteiger charge is 2.11. The Kier molecular flexibility index (Phi) is 5.60. The number of para-hydroxylation sites is 1. The van der Waals surface area contributed by atoms with Crippen molar-refractivity contribution < 1.29 is 4.74 Å². The number of benzene rings is 3. The van der Waals surface area contributed by atoms with Gasteiger partial charge in [-0.3, -0.25) is 4.79 Å². The molecule has 0 amide bonds. The Morgan fingerprint density at radius 3 is 2.62 bits per heavy atom. The van der Waals surface area contributed by atoms with E-state index in [1.165, 1.54) is 10.9 Å². The van der Waals surface area contributed by atoms with Crippen molar-refractivity contribution in [2.24, 2.45) is 5.10 Å². The van der Waals surface area contributed by atoms with E-state index in [9.17, 15) is 4.79 Å². The first kappa shape index (κ1) is 19.2. The fraction of sp³-hybridized carbons (Fsp3) is 0.0455. The second-order valence-electron chi connectivity index (χ2n) is 6.17. The van der Waals surface area contributed by atoms with Gasteiger partial charge in [-0.15, -0.1) is 0 Å². The maximum Gasteiger partial charge on any atom is 0.282 e. The average molecular weight is 424 g/mol. The van der Waals surface area contributed by atoms with Crippen LogP contribution in [-0.2, 0) is 6.61 Å². The quantitative estimate of drug-likeness (QED) is 0.416. The number of fused-ring (bicyclic) bond motifs is 1. The summed E-state index contributed by atoms with van der Waals surface area (Å²) < 4.78 is 7.02. The van der Waals surface area contributed by atoms with E-state index in [0.29, 0.717) is 38.1 Å². The zero-order valence-electron chi connectivity index (χ0n) is 15.1. The van der Waals surface area contributed by atoms with Crippen molar-refractivity contribution in [2.75, 3.05) is 0 Å². The summed E-state index contributed by atoms with van der Waals surface area (Å²) in [7, 11) is 0. The predicted molar refractivity (Wildman–Crippen MR) is 116 cm³/mol. The van der Waals surface area contributed by atoms with Crippen LogP contribution in [0.4, 0.5) is 0 Å². The summed E-state index contributed by atoms with van der Waals surface area (Å²) in [6, 6.07) is 21.4. The maximum atomic E-state index is 13.0. The van der Waals surface area contributed by atoms with Crippen LogP contribution in [0.5, 0.6) is 5.75 Å². The third-order valence-corrected chi connectivity index (χ3v) is 4.78. The average Bonchev–Trinajstić information content (AvgIpc) is 2.73. The van der Waals surface area contributed by atoms with Crippen LogP contribution < -0.4 is 10.3 Å². The third kappa shape index (κ3) is 4.31. The van der Waals surface area contributed by atoms with Gasteiger partial charge >= 0.3 is 0 Å². The summed E-state index contributed by atoms with van der Waals surface area (Å²) in [5.74, 6) is 0.929. The van der Waals surface area contributed by atoms with Gasteiger partial charge < -0.3 is 4.74 Å². The third-order valence-electron chi connectivity index (χ3n) is 4.20. The second-order valence-corrected chi connectivity index (χ2v) is 7.02. The van der Waals surface area contributed by atoms with E-state index in [0.717, 1.165) is 0 Å². The van der Waals surface area contributed by atoms with E-state index >= 15 is 0 Å². The largest absolute Gasteiger partial charge is 0.486 e. The van der Waals surface area contributed by atoms with Gasteiger partial charge in [-0.25, -0.2) is 4.98 Å². The number of nitrogens with zero attached hydrogens (tertiary/aromatic N) is 3. The van der Waals surface area contributed by atoms with Crippen LogP contribution in [0.15, 0.2) is 82.7 Å². The van der Waals surface area contributed by atoms with Gasteiger partial charge in [0.1, 0.15) is 12.4 Å². The minimum absolute atomic E-state index is 0.0419. The van der Waals surface area contributed by atoms with Gasteiger partial charge in [0.05, 0.1) is 17.1 Å². The van der Waals surface area contributed by atoms with E-state index in [4.69, 9.17) is 27.9 Å². The zero-order valence-corrected chi connectivity index (χ0v) is 16.6. The van der Waals surface area contributed by atoms with Gasteiger partial charge in [0.2, 0.25) is 0 Å². The molecule has 1 heterocycles. The molecule has 0 aliphatic heterocycles. The van der Waals surface area contributed by atoms with Crippen molar-refractivity contribution in [1.82, 2.24) is 9.66 Å². The summed E-state index contributed by atoms with van der Waals surface area (Å²) in [5.41, 5.74) is 0.978. The lowest BCUT2D eigenvalue weighted by Gasteiger charge is -2.11. The van der Waals surface area contributed by atoms with Crippen molar-refractivity contribution in [3.8, 4) is 5.75 Å². The number of halogens is 2. The van der Waals surface area contributed by atoms with Gasteiger partial charge in [-0.05, 0) is 36.4 Å². The second kappa shape index (κ2) is 8.47. The number of hydrogen-bond donors (Lipinski definition) is 0. The molecule has 144 valence electrons. The molecule has 4 aromatic rings. The van der Waals surface area contributed by atoms with Crippen LogP contribution in [-0.4, -0.2) is 15.9 Å². The van der Waals surface area contributed by atoms with E-state index in [-0.39, 0.29) is 12.2 Å². The van der Waals surface area contributed by atoms with Crippen LogP contribution >= 0.6 is 23.2 Å².